The number of nitrogens with zero attached hydrogens (tertiary/aromatic N) is 1. The van der Waals surface area contributed by atoms with Gasteiger partial charge in [-0.3, -0.25) is 4.79 Å². The second-order valence-electron chi connectivity index (χ2n) is 6.09. The molecule has 1 aliphatic heterocycles. The van der Waals surface area contributed by atoms with E-state index in [4.69, 9.17) is 14.2 Å². The molecular weight excluding hydrogens is 332 g/mol. The van der Waals surface area contributed by atoms with Crippen LogP contribution in [-0.2, 0) is 4.79 Å². The largest absolute Gasteiger partial charge is 0.493 e. The molecule has 3 rings (SSSR count). The summed E-state index contributed by atoms with van der Waals surface area (Å²) in [5.41, 5.74) is 6.21. The topological polar surface area (TPSA) is 69.2 Å². The smallest absolute Gasteiger partial charge is 0.277 e. The van der Waals surface area contributed by atoms with Crippen molar-refractivity contribution >= 4 is 11.6 Å². The first-order chi connectivity index (χ1) is 12.6. The van der Waals surface area contributed by atoms with Crippen LogP contribution in [-0.4, -0.2) is 31.9 Å². The molecule has 0 radical (unpaired) electrons. The fraction of sp³-hybridized carbons (Fsp3) is 0.300. The summed E-state index contributed by atoms with van der Waals surface area (Å²) in [6, 6.07) is 11.5. The van der Waals surface area contributed by atoms with Crippen molar-refractivity contribution in [2.24, 2.45) is 5.10 Å². The van der Waals surface area contributed by atoms with E-state index < -0.39 is 0 Å². The van der Waals surface area contributed by atoms with E-state index in [9.17, 15) is 4.79 Å². The number of rotatable bonds is 5. The number of hydrogen-bond donors (Lipinski definition) is 1. The van der Waals surface area contributed by atoms with Gasteiger partial charge in [0.05, 0.1) is 19.4 Å². The Morgan fingerprint density at radius 1 is 1.23 bits per heavy atom. The molecule has 6 heteroatoms. The summed E-state index contributed by atoms with van der Waals surface area (Å²) in [5, 5.41) is 4.25. The van der Waals surface area contributed by atoms with Gasteiger partial charge in [-0.25, -0.2) is 5.43 Å². The Morgan fingerprint density at radius 2 is 2.08 bits per heavy atom. The predicted octanol–water partition coefficient (Wildman–Crippen LogP) is 2.99. The second-order valence-corrected chi connectivity index (χ2v) is 6.09. The highest BCUT2D eigenvalue weighted by Gasteiger charge is 2.20. The molecule has 0 aromatic heterocycles. The molecule has 2 aromatic rings. The number of aryl methyl sites for hydroxylation is 2. The van der Waals surface area contributed by atoms with Crippen LogP contribution in [0.3, 0.4) is 0 Å². The molecular formula is C20H22N2O4. The Morgan fingerprint density at radius 3 is 2.88 bits per heavy atom. The number of carbonyl (C=O) groups is 1. The third kappa shape index (κ3) is 3.96. The molecule has 0 atom stereocenters. The van der Waals surface area contributed by atoms with Crippen molar-refractivity contribution in [2.75, 3.05) is 20.3 Å². The lowest BCUT2D eigenvalue weighted by atomic mass is 10.0. The summed E-state index contributed by atoms with van der Waals surface area (Å²) >= 11 is 0. The molecule has 1 aliphatic rings. The lowest BCUT2D eigenvalue weighted by Gasteiger charge is -2.21. The van der Waals surface area contributed by atoms with Crippen molar-refractivity contribution in [3.8, 4) is 17.2 Å². The lowest BCUT2D eigenvalue weighted by Crippen LogP contribution is -2.27. The highest BCUT2D eigenvalue weighted by molar-refractivity contribution is 6.04. The fourth-order valence-electron chi connectivity index (χ4n) is 2.72. The standard InChI is InChI=1S/C20H22N2O4/c1-13-7-8-14(2)18(11-13)26-12-19(23)22-21-16-9-10-25-20-15(16)5-4-6-17(20)24-3/h4-8,11H,9-10,12H2,1-3H3,(H,22,23). The molecule has 0 saturated heterocycles. The Balaban J connectivity index is 1.65. The third-order valence-electron chi connectivity index (χ3n) is 4.11. The maximum Gasteiger partial charge on any atom is 0.277 e. The summed E-state index contributed by atoms with van der Waals surface area (Å²) in [4.78, 5) is 12.1. The van der Waals surface area contributed by atoms with Gasteiger partial charge in [-0.05, 0) is 43.2 Å². The Hall–Kier alpha value is -3.02. The van der Waals surface area contributed by atoms with Crippen LogP contribution in [0.4, 0.5) is 0 Å². The van der Waals surface area contributed by atoms with E-state index in [0.717, 1.165) is 22.4 Å². The zero-order valence-corrected chi connectivity index (χ0v) is 15.2. The predicted molar refractivity (Wildman–Crippen MR) is 99.2 cm³/mol. The van der Waals surface area contributed by atoms with E-state index >= 15 is 0 Å². The van der Waals surface area contributed by atoms with Crippen molar-refractivity contribution in [3.05, 3.63) is 53.1 Å². The summed E-state index contributed by atoms with van der Waals surface area (Å²) in [7, 11) is 1.59. The van der Waals surface area contributed by atoms with Gasteiger partial charge in [0.15, 0.2) is 18.1 Å². The number of benzene rings is 2. The summed E-state index contributed by atoms with van der Waals surface area (Å²) in [6.07, 6.45) is 0.609. The van der Waals surface area contributed by atoms with Crippen LogP contribution in [0.1, 0.15) is 23.1 Å². The van der Waals surface area contributed by atoms with Crippen LogP contribution in [0.5, 0.6) is 17.2 Å². The highest BCUT2D eigenvalue weighted by Crippen LogP contribution is 2.34. The first-order valence-corrected chi connectivity index (χ1v) is 8.44. The molecule has 26 heavy (non-hydrogen) atoms. The van der Waals surface area contributed by atoms with E-state index in [0.29, 0.717) is 30.3 Å². The van der Waals surface area contributed by atoms with Gasteiger partial charge in [0.1, 0.15) is 5.75 Å². The number of methoxy groups -OCH3 is 1. The molecule has 0 spiro atoms. The maximum absolute atomic E-state index is 12.1. The van der Waals surface area contributed by atoms with E-state index in [2.05, 4.69) is 10.5 Å². The fourth-order valence-corrected chi connectivity index (χ4v) is 2.72. The minimum atomic E-state index is -0.311. The zero-order chi connectivity index (χ0) is 18.5. The van der Waals surface area contributed by atoms with Gasteiger partial charge in [0.25, 0.3) is 5.91 Å². The number of amides is 1. The van der Waals surface area contributed by atoms with Crippen LogP contribution in [0.2, 0.25) is 0 Å². The number of nitrogens with one attached hydrogen (secondary N) is 1. The normalized spacial score (nSPS) is 14.3. The van der Waals surface area contributed by atoms with Gasteiger partial charge < -0.3 is 14.2 Å². The third-order valence-corrected chi connectivity index (χ3v) is 4.11. The first-order valence-electron chi connectivity index (χ1n) is 8.44. The minimum absolute atomic E-state index is 0.0947. The van der Waals surface area contributed by atoms with Gasteiger partial charge >= 0.3 is 0 Å². The van der Waals surface area contributed by atoms with Gasteiger partial charge in [0.2, 0.25) is 0 Å². The Kier molecular flexibility index (Phi) is 5.41. The molecule has 1 heterocycles. The van der Waals surface area contributed by atoms with Gasteiger partial charge in [-0.15, -0.1) is 0 Å². The number of para-hydroxylation sites is 1. The van der Waals surface area contributed by atoms with E-state index in [1.807, 2.05) is 50.2 Å². The van der Waals surface area contributed by atoms with Crippen molar-refractivity contribution in [1.82, 2.24) is 5.43 Å². The highest BCUT2D eigenvalue weighted by atomic mass is 16.5. The van der Waals surface area contributed by atoms with Gasteiger partial charge in [-0.1, -0.05) is 18.2 Å². The monoisotopic (exact) mass is 354 g/mol. The molecule has 0 fully saturated rings. The summed E-state index contributed by atoms with van der Waals surface area (Å²) < 4.78 is 16.6. The quantitative estimate of drug-likeness (QED) is 0.838. The van der Waals surface area contributed by atoms with Crippen LogP contribution in [0.25, 0.3) is 0 Å². The number of hydrazone groups is 1. The van der Waals surface area contributed by atoms with Crippen LogP contribution in [0.15, 0.2) is 41.5 Å². The van der Waals surface area contributed by atoms with Crippen molar-refractivity contribution in [1.29, 1.82) is 0 Å². The minimum Gasteiger partial charge on any atom is -0.493 e. The Bertz CT molecular complexity index is 846. The van der Waals surface area contributed by atoms with Crippen LogP contribution in [0, 0.1) is 13.8 Å². The van der Waals surface area contributed by atoms with Crippen molar-refractivity contribution in [2.45, 2.75) is 20.3 Å². The van der Waals surface area contributed by atoms with Gasteiger partial charge in [-0.2, -0.15) is 5.10 Å². The Labute approximate surface area is 152 Å². The van der Waals surface area contributed by atoms with Crippen molar-refractivity contribution in [3.63, 3.8) is 0 Å². The summed E-state index contributed by atoms with van der Waals surface area (Å²) in [5.74, 6) is 1.70. The molecule has 0 saturated carbocycles. The lowest BCUT2D eigenvalue weighted by molar-refractivity contribution is -0.123. The average molecular weight is 354 g/mol. The van der Waals surface area contributed by atoms with E-state index in [-0.39, 0.29) is 12.5 Å². The number of hydrogen-bond acceptors (Lipinski definition) is 5. The molecule has 6 nitrogen and oxygen atoms in total. The van der Waals surface area contributed by atoms with Crippen LogP contribution < -0.4 is 19.6 Å². The number of ether oxygens (including phenoxy) is 3. The molecule has 1 N–H and O–H groups in total. The van der Waals surface area contributed by atoms with E-state index in [1.54, 1.807) is 7.11 Å². The first kappa shape index (κ1) is 17.8. The molecule has 0 unspecified atom stereocenters. The SMILES string of the molecule is COc1cccc2c1OCCC2=NNC(=O)COc1cc(C)ccc1C. The average Bonchev–Trinajstić information content (AvgIpc) is 2.66. The molecule has 2 aromatic carbocycles. The van der Waals surface area contributed by atoms with Gasteiger partial charge in [0, 0.05) is 12.0 Å². The molecule has 136 valence electrons. The number of carbonyl (C=O) groups excluding carboxylic acids is 1. The molecule has 0 bridgehead atoms. The molecule has 0 aliphatic carbocycles. The zero-order valence-electron chi connectivity index (χ0n) is 15.2. The molecule has 1 amide bonds. The van der Waals surface area contributed by atoms with E-state index in [1.165, 1.54) is 0 Å². The summed E-state index contributed by atoms with van der Waals surface area (Å²) in [6.45, 7) is 4.32. The van der Waals surface area contributed by atoms with Crippen LogP contribution >= 0.6 is 0 Å². The number of fused-ring (bicyclic) bond motifs is 1. The second kappa shape index (κ2) is 7.91. The van der Waals surface area contributed by atoms with Crippen molar-refractivity contribution < 1.29 is 19.0 Å². The maximum atomic E-state index is 12.1.